The summed E-state index contributed by atoms with van der Waals surface area (Å²) in [6.45, 7) is 2.15. The molecule has 18 heavy (non-hydrogen) atoms. The maximum Gasteiger partial charge on any atom is 0.133 e. The second-order valence-corrected chi connectivity index (χ2v) is 6.87. The van der Waals surface area contributed by atoms with E-state index in [9.17, 15) is 0 Å². The summed E-state index contributed by atoms with van der Waals surface area (Å²) in [6, 6.07) is 6.62. The average molecular weight is 532 g/mol. The molecule has 1 aromatic heterocycles. The molecule has 2 rings (SSSR count). The summed E-state index contributed by atoms with van der Waals surface area (Å²) in [6.07, 6.45) is 1.87. The summed E-state index contributed by atoms with van der Waals surface area (Å²) in [5.41, 5.74) is 2.42. The molecule has 3 nitrogen and oxygen atoms in total. The molecular formula is C12H12BrI2N3. The van der Waals surface area contributed by atoms with Gasteiger partial charge in [0.05, 0.1) is 5.69 Å². The number of rotatable bonds is 3. The number of nitrogens with zero attached hydrogens (tertiary/aromatic N) is 2. The molecule has 0 aliphatic heterocycles. The zero-order valence-corrected chi connectivity index (χ0v) is 15.8. The normalized spacial score (nSPS) is 12.7. The molecule has 0 radical (unpaired) electrons. The summed E-state index contributed by atoms with van der Waals surface area (Å²) in [5, 5.41) is 3.29. The molecule has 2 aromatic rings. The van der Waals surface area contributed by atoms with Gasteiger partial charge in [-0.05, 0) is 82.9 Å². The van der Waals surface area contributed by atoms with E-state index < -0.39 is 0 Å². The van der Waals surface area contributed by atoms with Crippen molar-refractivity contribution in [1.82, 2.24) is 14.9 Å². The molecule has 0 amide bonds. The molecule has 1 aromatic carbocycles. The summed E-state index contributed by atoms with van der Waals surface area (Å²) < 4.78 is 5.38. The molecule has 1 unspecified atom stereocenters. The standard InChI is InChI=1S/C12H12BrI2N3/c1-7(16-2)9-5-8(13)3-4-10(9)18-6-17-11(14)12(18)15/h3-7,16H,1-2H3. The highest BCUT2D eigenvalue weighted by Crippen LogP contribution is 2.28. The second kappa shape index (κ2) is 6.19. The van der Waals surface area contributed by atoms with Crippen molar-refractivity contribution in [3.63, 3.8) is 0 Å². The monoisotopic (exact) mass is 531 g/mol. The first-order valence-electron chi connectivity index (χ1n) is 5.40. The molecule has 0 aliphatic carbocycles. The number of nitrogens with one attached hydrogen (secondary N) is 1. The van der Waals surface area contributed by atoms with Crippen molar-refractivity contribution < 1.29 is 0 Å². The van der Waals surface area contributed by atoms with E-state index in [2.05, 4.69) is 101 Å². The molecule has 0 saturated carbocycles. The summed E-state index contributed by atoms with van der Waals surface area (Å²) >= 11 is 8.11. The molecule has 0 saturated heterocycles. The molecule has 96 valence electrons. The Labute approximate surface area is 142 Å². The Bertz CT molecular complexity index is 568. The Kier molecular flexibility index (Phi) is 5.06. The Morgan fingerprint density at radius 2 is 2.11 bits per heavy atom. The Hall–Kier alpha value is 0.330. The van der Waals surface area contributed by atoms with Gasteiger partial charge in [0.1, 0.15) is 13.7 Å². The van der Waals surface area contributed by atoms with Crippen molar-refractivity contribution in [2.75, 3.05) is 7.05 Å². The van der Waals surface area contributed by atoms with Gasteiger partial charge in [-0.15, -0.1) is 0 Å². The molecule has 0 bridgehead atoms. The van der Waals surface area contributed by atoms with Crippen LogP contribution in [-0.4, -0.2) is 16.6 Å². The van der Waals surface area contributed by atoms with Crippen LogP contribution < -0.4 is 5.32 Å². The van der Waals surface area contributed by atoms with Crippen molar-refractivity contribution in [1.29, 1.82) is 0 Å². The smallest absolute Gasteiger partial charge is 0.133 e. The minimum Gasteiger partial charge on any atom is -0.313 e. The molecule has 0 spiro atoms. The van der Waals surface area contributed by atoms with Gasteiger partial charge in [-0.1, -0.05) is 15.9 Å². The summed E-state index contributed by atoms with van der Waals surface area (Å²) in [4.78, 5) is 4.35. The highest BCUT2D eigenvalue weighted by Gasteiger charge is 2.14. The number of hydrogen-bond acceptors (Lipinski definition) is 2. The van der Waals surface area contributed by atoms with Gasteiger partial charge in [0.15, 0.2) is 0 Å². The van der Waals surface area contributed by atoms with Gasteiger partial charge < -0.3 is 5.32 Å². The van der Waals surface area contributed by atoms with E-state index >= 15 is 0 Å². The van der Waals surface area contributed by atoms with Crippen LogP contribution >= 0.6 is 61.1 Å². The molecule has 1 heterocycles. The van der Waals surface area contributed by atoms with Crippen LogP contribution in [0, 0.1) is 7.40 Å². The third-order valence-electron chi connectivity index (χ3n) is 2.82. The second-order valence-electron chi connectivity index (χ2n) is 3.91. The minimum absolute atomic E-state index is 0.286. The zero-order chi connectivity index (χ0) is 13.3. The van der Waals surface area contributed by atoms with Crippen molar-refractivity contribution >= 4 is 61.1 Å². The van der Waals surface area contributed by atoms with Crippen LogP contribution in [0.1, 0.15) is 18.5 Å². The maximum atomic E-state index is 4.35. The maximum absolute atomic E-state index is 4.35. The fourth-order valence-electron chi connectivity index (χ4n) is 1.73. The molecule has 1 N–H and O–H groups in total. The first kappa shape index (κ1) is 14.7. The summed E-state index contributed by atoms with van der Waals surface area (Å²) in [7, 11) is 1.97. The lowest BCUT2D eigenvalue weighted by atomic mass is 10.1. The van der Waals surface area contributed by atoms with Gasteiger partial charge in [-0.3, -0.25) is 4.57 Å². The highest BCUT2D eigenvalue weighted by molar-refractivity contribution is 14.1. The third-order valence-corrected chi connectivity index (χ3v) is 6.16. The van der Waals surface area contributed by atoms with Crippen LogP contribution in [0.3, 0.4) is 0 Å². The Balaban J connectivity index is 2.60. The van der Waals surface area contributed by atoms with Gasteiger partial charge in [0, 0.05) is 10.5 Å². The first-order valence-corrected chi connectivity index (χ1v) is 8.35. The van der Waals surface area contributed by atoms with Crippen LogP contribution in [-0.2, 0) is 0 Å². The molecule has 1 atom stereocenters. The number of benzene rings is 1. The van der Waals surface area contributed by atoms with Crippen LogP contribution in [0.15, 0.2) is 29.0 Å². The molecule has 6 heteroatoms. The highest BCUT2D eigenvalue weighted by atomic mass is 127. The number of imidazole rings is 1. The fourth-order valence-corrected chi connectivity index (χ4v) is 3.01. The largest absolute Gasteiger partial charge is 0.313 e. The number of aromatic nitrogens is 2. The van der Waals surface area contributed by atoms with Crippen molar-refractivity contribution in [2.45, 2.75) is 13.0 Å². The van der Waals surface area contributed by atoms with Crippen LogP contribution in [0.2, 0.25) is 0 Å². The van der Waals surface area contributed by atoms with Gasteiger partial charge in [-0.25, -0.2) is 4.98 Å². The van der Waals surface area contributed by atoms with E-state index in [-0.39, 0.29) is 6.04 Å². The minimum atomic E-state index is 0.286. The van der Waals surface area contributed by atoms with E-state index in [0.29, 0.717) is 0 Å². The Morgan fingerprint density at radius 1 is 1.39 bits per heavy atom. The Morgan fingerprint density at radius 3 is 2.67 bits per heavy atom. The van der Waals surface area contributed by atoms with E-state index in [4.69, 9.17) is 0 Å². The van der Waals surface area contributed by atoms with E-state index in [1.54, 1.807) is 0 Å². The van der Waals surface area contributed by atoms with Gasteiger partial charge in [0.2, 0.25) is 0 Å². The lowest BCUT2D eigenvalue weighted by Gasteiger charge is -2.17. The third kappa shape index (κ3) is 2.91. The molecule has 0 fully saturated rings. The van der Waals surface area contributed by atoms with Crippen LogP contribution in [0.25, 0.3) is 5.69 Å². The topological polar surface area (TPSA) is 29.9 Å². The lowest BCUT2D eigenvalue weighted by molar-refractivity contribution is 0.647. The van der Waals surface area contributed by atoms with E-state index in [1.807, 2.05) is 13.4 Å². The van der Waals surface area contributed by atoms with Gasteiger partial charge in [0.25, 0.3) is 0 Å². The SMILES string of the molecule is CNC(C)c1cc(Br)ccc1-n1cnc(I)c1I. The van der Waals surface area contributed by atoms with Gasteiger partial charge >= 0.3 is 0 Å². The van der Waals surface area contributed by atoms with E-state index in [0.717, 1.165) is 11.9 Å². The molecule has 0 aliphatic rings. The first-order chi connectivity index (χ1) is 8.54. The fraction of sp³-hybridized carbons (Fsp3) is 0.250. The predicted octanol–water partition coefficient (Wildman–Crippen LogP) is 4.12. The average Bonchev–Trinajstić information content (AvgIpc) is 2.69. The lowest BCUT2D eigenvalue weighted by Crippen LogP contribution is -2.15. The van der Waals surface area contributed by atoms with Crippen LogP contribution in [0.4, 0.5) is 0 Å². The molecular weight excluding hydrogens is 520 g/mol. The van der Waals surface area contributed by atoms with Crippen molar-refractivity contribution in [3.05, 3.63) is 42.0 Å². The predicted molar refractivity (Wildman–Crippen MR) is 94.2 cm³/mol. The number of halogens is 3. The van der Waals surface area contributed by atoms with Gasteiger partial charge in [-0.2, -0.15) is 0 Å². The zero-order valence-electron chi connectivity index (χ0n) is 9.92. The quantitative estimate of drug-likeness (QED) is 0.604. The van der Waals surface area contributed by atoms with Crippen molar-refractivity contribution in [2.24, 2.45) is 0 Å². The van der Waals surface area contributed by atoms with Crippen LogP contribution in [0.5, 0.6) is 0 Å². The van der Waals surface area contributed by atoms with Crippen molar-refractivity contribution in [3.8, 4) is 5.69 Å². The summed E-state index contributed by atoms with van der Waals surface area (Å²) in [5.74, 6) is 0. The number of hydrogen-bond donors (Lipinski definition) is 1. The van der Waals surface area contributed by atoms with E-state index in [1.165, 1.54) is 11.3 Å².